The maximum Gasteiger partial charge on any atom is 0.297 e. The van der Waals surface area contributed by atoms with Crippen molar-refractivity contribution >= 4 is 33.9 Å². The third-order valence-electron chi connectivity index (χ3n) is 2.72. The van der Waals surface area contributed by atoms with Crippen molar-refractivity contribution in [2.24, 2.45) is 0 Å². The first-order valence-electron chi connectivity index (χ1n) is 6.01. The SMILES string of the molecule is CC(=O)c1csc(NC(=O)c2nc3nccc(C)n3n2)n1. The van der Waals surface area contributed by atoms with E-state index in [2.05, 4.69) is 25.4 Å². The molecule has 0 aromatic carbocycles. The molecular formula is C12H10N6O2S. The molecule has 8 nitrogen and oxygen atoms in total. The maximum absolute atomic E-state index is 12.1. The van der Waals surface area contributed by atoms with Crippen LogP contribution in [0.4, 0.5) is 5.13 Å². The summed E-state index contributed by atoms with van der Waals surface area (Å²) < 4.78 is 1.48. The van der Waals surface area contributed by atoms with Crippen molar-refractivity contribution in [1.82, 2.24) is 24.6 Å². The number of rotatable bonds is 3. The Labute approximate surface area is 122 Å². The minimum atomic E-state index is -0.496. The Hall–Kier alpha value is -2.68. The van der Waals surface area contributed by atoms with Crippen molar-refractivity contribution in [3.05, 3.63) is 34.9 Å². The van der Waals surface area contributed by atoms with Gasteiger partial charge in [-0.15, -0.1) is 16.4 Å². The van der Waals surface area contributed by atoms with E-state index >= 15 is 0 Å². The number of nitrogens with one attached hydrogen (secondary N) is 1. The van der Waals surface area contributed by atoms with Crippen LogP contribution in [0.1, 0.15) is 33.7 Å². The summed E-state index contributed by atoms with van der Waals surface area (Å²) in [5.41, 5.74) is 1.13. The molecule has 3 heterocycles. The quantitative estimate of drug-likeness (QED) is 0.732. The van der Waals surface area contributed by atoms with Crippen molar-refractivity contribution in [3.63, 3.8) is 0 Å². The monoisotopic (exact) mass is 302 g/mol. The fraction of sp³-hybridized carbons (Fsp3) is 0.167. The fourth-order valence-electron chi connectivity index (χ4n) is 1.65. The van der Waals surface area contributed by atoms with E-state index < -0.39 is 5.91 Å². The minimum Gasteiger partial charge on any atom is -0.295 e. The van der Waals surface area contributed by atoms with Crippen LogP contribution in [0.25, 0.3) is 5.78 Å². The number of ketones is 1. The van der Waals surface area contributed by atoms with Crippen LogP contribution in [0.5, 0.6) is 0 Å². The molecule has 0 unspecified atom stereocenters. The standard InChI is InChI=1S/C12H10N6O2S/c1-6-3-4-13-11-15-9(17-18(6)11)10(20)16-12-14-8(5-21-12)7(2)19/h3-5H,1-2H3,(H,14,16,20). The Kier molecular flexibility index (Phi) is 3.18. The van der Waals surface area contributed by atoms with Crippen LogP contribution in [0.3, 0.4) is 0 Å². The summed E-state index contributed by atoms with van der Waals surface area (Å²) in [4.78, 5) is 35.3. The van der Waals surface area contributed by atoms with E-state index in [-0.39, 0.29) is 11.6 Å². The first-order chi connectivity index (χ1) is 10.0. The molecule has 3 aromatic heterocycles. The highest BCUT2D eigenvalue weighted by molar-refractivity contribution is 7.14. The average molecular weight is 302 g/mol. The van der Waals surface area contributed by atoms with Crippen LogP contribution < -0.4 is 5.32 Å². The summed E-state index contributed by atoms with van der Waals surface area (Å²) in [6, 6.07) is 1.77. The zero-order chi connectivity index (χ0) is 15.0. The molecule has 0 aliphatic carbocycles. The number of amides is 1. The van der Waals surface area contributed by atoms with Crippen LogP contribution >= 0.6 is 11.3 Å². The fourth-order valence-corrected chi connectivity index (χ4v) is 2.39. The lowest BCUT2D eigenvalue weighted by Gasteiger charge is -1.96. The lowest BCUT2D eigenvalue weighted by atomic mass is 10.4. The highest BCUT2D eigenvalue weighted by Gasteiger charge is 2.16. The normalized spacial score (nSPS) is 10.8. The minimum absolute atomic E-state index is 0.00336. The summed E-state index contributed by atoms with van der Waals surface area (Å²) in [6.45, 7) is 3.25. The van der Waals surface area contributed by atoms with Crippen molar-refractivity contribution in [2.75, 3.05) is 5.32 Å². The van der Waals surface area contributed by atoms with Crippen LogP contribution in [0.15, 0.2) is 17.6 Å². The first-order valence-corrected chi connectivity index (χ1v) is 6.89. The summed E-state index contributed by atoms with van der Waals surface area (Å²) in [5.74, 6) is -0.304. The number of carbonyl (C=O) groups excluding carboxylic acids is 2. The second-order valence-corrected chi connectivity index (χ2v) is 5.14. The van der Waals surface area contributed by atoms with Crippen molar-refractivity contribution < 1.29 is 9.59 Å². The predicted octanol–water partition coefficient (Wildman–Crippen LogP) is 1.34. The lowest BCUT2D eigenvalue weighted by molar-refractivity contribution is 0.1000. The molecule has 0 radical (unpaired) electrons. The van der Waals surface area contributed by atoms with E-state index in [1.807, 2.05) is 6.92 Å². The van der Waals surface area contributed by atoms with Crippen LogP contribution in [0.2, 0.25) is 0 Å². The molecule has 0 spiro atoms. The van der Waals surface area contributed by atoms with Gasteiger partial charge in [0, 0.05) is 24.2 Å². The van der Waals surface area contributed by atoms with Gasteiger partial charge in [-0.1, -0.05) is 0 Å². The Bertz CT molecular complexity index is 852. The van der Waals surface area contributed by atoms with Gasteiger partial charge in [-0.3, -0.25) is 14.9 Å². The van der Waals surface area contributed by atoms with E-state index in [0.717, 1.165) is 5.69 Å². The molecule has 1 N–H and O–H groups in total. The van der Waals surface area contributed by atoms with E-state index in [9.17, 15) is 9.59 Å². The Morgan fingerprint density at radius 2 is 2.14 bits per heavy atom. The van der Waals surface area contributed by atoms with E-state index in [1.165, 1.54) is 22.8 Å². The molecule has 0 aliphatic rings. The van der Waals surface area contributed by atoms with Gasteiger partial charge in [0.1, 0.15) is 5.69 Å². The number of fused-ring (bicyclic) bond motifs is 1. The van der Waals surface area contributed by atoms with Gasteiger partial charge in [0.25, 0.3) is 11.7 Å². The second kappa shape index (κ2) is 5.02. The Morgan fingerprint density at radius 3 is 2.81 bits per heavy atom. The molecule has 3 rings (SSSR count). The molecule has 0 fully saturated rings. The van der Waals surface area contributed by atoms with Crippen LogP contribution in [-0.2, 0) is 0 Å². The van der Waals surface area contributed by atoms with Crippen LogP contribution in [-0.4, -0.2) is 36.3 Å². The van der Waals surface area contributed by atoms with E-state index in [4.69, 9.17) is 0 Å². The van der Waals surface area contributed by atoms with E-state index in [1.54, 1.807) is 17.6 Å². The number of aryl methyl sites for hydroxylation is 1. The number of carbonyl (C=O) groups is 2. The lowest BCUT2D eigenvalue weighted by Crippen LogP contribution is -2.14. The van der Waals surface area contributed by atoms with Crippen molar-refractivity contribution in [3.8, 4) is 0 Å². The molecule has 1 amide bonds. The predicted molar refractivity (Wildman–Crippen MR) is 75.6 cm³/mol. The van der Waals surface area contributed by atoms with Gasteiger partial charge in [0.2, 0.25) is 5.82 Å². The molecule has 21 heavy (non-hydrogen) atoms. The highest BCUT2D eigenvalue weighted by Crippen LogP contribution is 2.16. The molecule has 0 atom stereocenters. The number of Topliss-reactive ketones (excluding diaryl/α,β-unsaturated/α-hetero) is 1. The van der Waals surface area contributed by atoms with Crippen molar-refractivity contribution in [1.29, 1.82) is 0 Å². The smallest absolute Gasteiger partial charge is 0.295 e. The Balaban J connectivity index is 1.86. The molecule has 0 saturated heterocycles. The maximum atomic E-state index is 12.1. The number of anilines is 1. The van der Waals surface area contributed by atoms with Crippen molar-refractivity contribution in [2.45, 2.75) is 13.8 Å². The second-order valence-electron chi connectivity index (χ2n) is 4.28. The average Bonchev–Trinajstić information content (AvgIpc) is 3.05. The molecule has 106 valence electrons. The molecule has 9 heteroatoms. The summed E-state index contributed by atoms with van der Waals surface area (Å²) in [6.07, 6.45) is 1.60. The zero-order valence-corrected chi connectivity index (χ0v) is 12.0. The number of hydrogen-bond donors (Lipinski definition) is 1. The van der Waals surface area contributed by atoms with E-state index in [0.29, 0.717) is 16.6 Å². The Morgan fingerprint density at radius 1 is 1.33 bits per heavy atom. The number of hydrogen-bond acceptors (Lipinski definition) is 7. The highest BCUT2D eigenvalue weighted by atomic mass is 32.1. The van der Waals surface area contributed by atoms with Gasteiger partial charge >= 0.3 is 0 Å². The third-order valence-corrected chi connectivity index (χ3v) is 3.48. The largest absolute Gasteiger partial charge is 0.297 e. The van der Waals surface area contributed by atoms with Crippen LogP contribution in [0, 0.1) is 6.92 Å². The first kappa shape index (κ1) is 13.3. The van der Waals surface area contributed by atoms with Gasteiger partial charge in [-0.2, -0.15) is 4.98 Å². The molecule has 0 bridgehead atoms. The summed E-state index contributed by atoms with van der Waals surface area (Å²) >= 11 is 1.17. The molecule has 0 aliphatic heterocycles. The topological polar surface area (TPSA) is 102 Å². The molecule has 3 aromatic rings. The molecular weight excluding hydrogens is 292 g/mol. The van der Waals surface area contributed by atoms with Gasteiger partial charge in [0.05, 0.1) is 0 Å². The number of nitrogens with zero attached hydrogens (tertiary/aromatic N) is 5. The van der Waals surface area contributed by atoms with Gasteiger partial charge in [-0.05, 0) is 13.0 Å². The third kappa shape index (κ3) is 2.50. The van der Waals surface area contributed by atoms with Gasteiger partial charge < -0.3 is 0 Å². The molecule has 0 saturated carbocycles. The van der Waals surface area contributed by atoms with Gasteiger partial charge in [-0.25, -0.2) is 14.5 Å². The van der Waals surface area contributed by atoms with Gasteiger partial charge in [0.15, 0.2) is 10.9 Å². The number of aromatic nitrogens is 5. The zero-order valence-electron chi connectivity index (χ0n) is 11.2. The summed E-state index contributed by atoms with van der Waals surface area (Å²) in [5, 5.41) is 8.57. The number of thiazole rings is 1. The summed E-state index contributed by atoms with van der Waals surface area (Å²) in [7, 11) is 0.